The van der Waals surface area contributed by atoms with Crippen LogP contribution in [0, 0.1) is 0 Å². The zero-order valence-electron chi connectivity index (χ0n) is 13.1. The van der Waals surface area contributed by atoms with Crippen molar-refractivity contribution in [3.63, 3.8) is 0 Å². The van der Waals surface area contributed by atoms with Gasteiger partial charge in [0.05, 0.1) is 0 Å². The molecule has 0 unspecified atom stereocenters. The molecule has 124 valence electrons. The standard InChI is InChI=1S/2C7H9O.C3H6.2ClH.Zr/c2*8-6-5-7-3-1-2-4-7;1-3-2;;;/h2*1-4,8H,5-6H2;1-2H3;2*1H;/q2*-1;;;;+2/p-2. The van der Waals surface area contributed by atoms with Crippen LogP contribution in [-0.4, -0.2) is 26.6 Å². The van der Waals surface area contributed by atoms with Crippen molar-refractivity contribution in [2.45, 2.75) is 26.7 Å². The third-order valence-electron chi connectivity index (χ3n) is 2.26. The third-order valence-corrected chi connectivity index (χ3v) is 2.26. The molecular weight excluding hydrogens is 398 g/mol. The zero-order valence-corrected chi connectivity index (χ0v) is 17.1. The Hall–Kier alpha value is -0.0469. The summed E-state index contributed by atoms with van der Waals surface area (Å²) < 4.78 is 1.51. The van der Waals surface area contributed by atoms with Crippen LogP contribution < -0.4 is 24.8 Å². The molecule has 2 rings (SSSR count). The van der Waals surface area contributed by atoms with Gasteiger partial charge < -0.3 is 35.0 Å². The molecular formula is C17H24Cl2O2Zr-2. The smallest absolute Gasteiger partial charge is 0.0451 e. The maximum absolute atomic E-state index is 8.44. The summed E-state index contributed by atoms with van der Waals surface area (Å²) >= 11 is 1.55. The summed E-state index contributed by atoms with van der Waals surface area (Å²) in [5, 5.41) is 16.9. The number of hydrogen-bond donors (Lipinski definition) is 2. The van der Waals surface area contributed by atoms with Gasteiger partial charge in [-0.15, -0.1) is 0 Å². The van der Waals surface area contributed by atoms with Crippen LogP contribution in [0.3, 0.4) is 0 Å². The summed E-state index contributed by atoms with van der Waals surface area (Å²) in [7, 11) is 0. The molecule has 0 aromatic heterocycles. The van der Waals surface area contributed by atoms with Crippen molar-refractivity contribution in [2.24, 2.45) is 0 Å². The fourth-order valence-corrected chi connectivity index (χ4v) is 1.42. The van der Waals surface area contributed by atoms with E-state index in [-0.39, 0.29) is 38.0 Å². The van der Waals surface area contributed by atoms with Crippen LogP contribution in [0.4, 0.5) is 0 Å². The van der Waals surface area contributed by atoms with E-state index in [0.717, 1.165) is 12.8 Å². The second-order valence-corrected chi connectivity index (χ2v) is 6.99. The van der Waals surface area contributed by atoms with E-state index in [4.69, 9.17) is 10.2 Å². The molecule has 0 amide bonds. The maximum Gasteiger partial charge on any atom is 0.0451 e. The number of aliphatic hydroxyl groups is 2. The Kier molecular flexibility index (Phi) is 23.2. The van der Waals surface area contributed by atoms with Gasteiger partial charge in [-0.3, -0.25) is 0 Å². The first-order valence-electron chi connectivity index (χ1n) is 6.74. The normalized spacial score (nSPS) is 8.27. The molecule has 2 N–H and O–H groups in total. The van der Waals surface area contributed by atoms with Crippen LogP contribution in [0.5, 0.6) is 0 Å². The Labute approximate surface area is 161 Å². The Balaban J connectivity index is -0.000000249. The van der Waals surface area contributed by atoms with Crippen molar-refractivity contribution in [1.29, 1.82) is 0 Å². The predicted octanol–water partition coefficient (Wildman–Crippen LogP) is -3.37. The minimum Gasteiger partial charge on any atom is -1.00 e. The number of aliphatic hydroxyl groups excluding tert-OH is 2. The molecule has 0 saturated carbocycles. The van der Waals surface area contributed by atoms with Gasteiger partial charge in [0, 0.05) is 13.2 Å². The Morgan fingerprint density at radius 3 is 1.41 bits per heavy atom. The number of hydrogen-bond acceptors (Lipinski definition) is 2. The Morgan fingerprint density at radius 2 is 1.23 bits per heavy atom. The van der Waals surface area contributed by atoms with E-state index in [1.807, 2.05) is 48.5 Å². The first kappa shape index (κ1) is 26.8. The van der Waals surface area contributed by atoms with Gasteiger partial charge in [0.15, 0.2) is 0 Å². The third kappa shape index (κ3) is 18.0. The van der Waals surface area contributed by atoms with Crippen molar-refractivity contribution in [3.05, 3.63) is 59.7 Å². The van der Waals surface area contributed by atoms with Gasteiger partial charge in [0.25, 0.3) is 0 Å². The molecule has 2 aromatic carbocycles. The Morgan fingerprint density at radius 1 is 0.909 bits per heavy atom. The van der Waals surface area contributed by atoms with Gasteiger partial charge in [-0.2, -0.15) is 35.4 Å². The molecule has 0 aliphatic heterocycles. The molecule has 0 radical (unpaired) electrons. The minimum absolute atomic E-state index is 0. The SMILES string of the molecule is C[C](C)=[Zr+2].OCCc1ccc[cH-]1.OCCc1ccc[cH-]1.[Cl-].[Cl-]. The maximum atomic E-state index is 8.44. The summed E-state index contributed by atoms with van der Waals surface area (Å²) in [4.78, 5) is 0. The second kappa shape index (κ2) is 19.0. The van der Waals surface area contributed by atoms with Crippen LogP contribution >= 0.6 is 0 Å². The topological polar surface area (TPSA) is 40.5 Å². The summed E-state index contributed by atoms with van der Waals surface area (Å²) in [6, 6.07) is 15.9. The first-order valence-corrected chi connectivity index (χ1v) is 7.97. The van der Waals surface area contributed by atoms with E-state index in [0.29, 0.717) is 0 Å². The van der Waals surface area contributed by atoms with Gasteiger partial charge in [-0.25, -0.2) is 24.3 Å². The van der Waals surface area contributed by atoms with Gasteiger partial charge in [0.1, 0.15) is 0 Å². The molecule has 0 heterocycles. The monoisotopic (exact) mass is 420 g/mol. The van der Waals surface area contributed by atoms with E-state index < -0.39 is 0 Å². The largest absolute Gasteiger partial charge is 1.00 e. The van der Waals surface area contributed by atoms with Crippen LogP contribution in [0.15, 0.2) is 48.5 Å². The predicted molar refractivity (Wildman–Crippen MR) is 82.0 cm³/mol. The Bertz CT molecular complexity index is 385. The van der Waals surface area contributed by atoms with E-state index in [1.54, 1.807) is 24.2 Å². The molecule has 0 atom stereocenters. The molecule has 0 saturated heterocycles. The molecule has 5 heteroatoms. The number of rotatable bonds is 4. The average molecular weight is 423 g/mol. The van der Waals surface area contributed by atoms with Gasteiger partial charge >= 0.3 is 41.3 Å². The molecule has 0 aliphatic carbocycles. The van der Waals surface area contributed by atoms with Crippen molar-refractivity contribution >= 4 is 3.21 Å². The zero-order chi connectivity index (χ0) is 15.2. The van der Waals surface area contributed by atoms with Crippen LogP contribution in [0.2, 0.25) is 0 Å². The first-order chi connectivity index (χ1) is 9.60. The quantitative estimate of drug-likeness (QED) is 0.506. The van der Waals surface area contributed by atoms with Crippen molar-refractivity contribution in [3.8, 4) is 0 Å². The molecule has 0 aliphatic rings. The van der Waals surface area contributed by atoms with E-state index in [1.165, 1.54) is 14.3 Å². The molecule has 0 spiro atoms. The van der Waals surface area contributed by atoms with Crippen LogP contribution in [0.25, 0.3) is 0 Å². The van der Waals surface area contributed by atoms with Crippen LogP contribution in [0.1, 0.15) is 25.0 Å². The van der Waals surface area contributed by atoms with Gasteiger partial charge in [0.2, 0.25) is 0 Å². The number of halogens is 2. The summed E-state index contributed by atoms with van der Waals surface area (Å²) in [6.45, 7) is 4.75. The summed E-state index contributed by atoms with van der Waals surface area (Å²) in [6.07, 6.45) is 1.57. The van der Waals surface area contributed by atoms with Crippen molar-refractivity contribution in [1.82, 2.24) is 0 Å². The minimum atomic E-state index is 0. The molecule has 0 bridgehead atoms. The van der Waals surface area contributed by atoms with Crippen molar-refractivity contribution in [2.75, 3.05) is 13.2 Å². The van der Waals surface area contributed by atoms with E-state index in [2.05, 4.69) is 13.8 Å². The van der Waals surface area contributed by atoms with E-state index >= 15 is 0 Å². The van der Waals surface area contributed by atoms with Gasteiger partial charge in [-0.1, -0.05) is 0 Å². The molecule has 0 fully saturated rings. The van der Waals surface area contributed by atoms with Crippen LogP contribution in [-0.2, 0) is 37.1 Å². The molecule has 2 nitrogen and oxygen atoms in total. The summed E-state index contributed by atoms with van der Waals surface area (Å²) in [5.41, 5.74) is 2.43. The summed E-state index contributed by atoms with van der Waals surface area (Å²) in [5.74, 6) is 0. The van der Waals surface area contributed by atoms with E-state index in [9.17, 15) is 0 Å². The van der Waals surface area contributed by atoms with Gasteiger partial charge in [-0.05, 0) is 12.8 Å². The fourth-order valence-electron chi connectivity index (χ4n) is 1.42. The molecule has 22 heavy (non-hydrogen) atoms. The fraction of sp³-hybridized carbons (Fsp3) is 0.353. The molecule has 2 aromatic rings. The second-order valence-electron chi connectivity index (χ2n) is 4.53. The average Bonchev–Trinajstić information content (AvgIpc) is 3.03. The van der Waals surface area contributed by atoms with Crippen molar-refractivity contribution < 1.29 is 59.3 Å².